The molecule has 0 saturated carbocycles. The third-order valence-electron chi connectivity index (χ3n) is 3.72. The van der Waals surface area contributed by atoms with Crippen molar-refractivity contribution >= 4 is 27.5 Å². The molecule has 112 valence electrons. The lowest BCUT2D eigenvalue weighted by atomic mass is 10.0. The van der Waals surface area contributed by atoms with Crippen LogP contribution in [0.25, 0.3) is 10.2 Å². The van der Waals surface area contributed by atoms with Gasteiger partial charge in [0, 0.05) is 12.1 Å². The molecule has 2 aromatic rings. The minimum absolute atomic E-state index is 0.0158. The van der Waals surface area contributed by atoms with Crippen LogP contribution in [0.15, 0.2) is 23.7 Å². The van der Waals surface area contributed by atoms with Gasteiger partial charge in [-0.15, -0.1) is 11.3 Å². The molecule has 1 unspecified atom stereocenters. The molecule has 0 bridgehead atoms. The van der Waals surface area contributed by atoms with Gasteiger partial charge in [0.1, 0.15) is 6.04 Å². The lowest BCUT2D eigenvalue weighted by Crippen LogP contribution is -2.51. The summed E-state index contributed by atoms with van der Waals surface area (Å²) in [6, 6.07) is 3.17. The number of piperidine rings is 1. The number of hydrogen-bond acceptors (Lipinski definition) is 3. The third kappa shape index (κ3) is 2.74. The van der Waals surface area contributed by atoms with Crippen molar-refractivity contribution < 1.29 is 18.0 Å². The van der Waals surface area contributed by atoms with Gasteiger partial charge in [0.25, 0.3) is 5.91 Å². The van der Waals surface area contributed by atoms with E-state index in [1.54, 1.807) is 23.7 Å². The fourth-order valence-electron chi connectivity index (χ4n) is 2.67. The molecule has 0 N–H and O–H groups in total. The van der Waals surface area contributed by atoms with Crippen molar-refractivity contribution in [1.82, 2.24) is 9.88 Å². The summed E-state index contributed by atoms with van der Waals surface area (Å²) in [6.07, 6.45) is -3.27. The average molecular weight is 314 g/mol. The molecule has 1 saturated heterocycles. The molecular formula is C14H13F3N2OS. The van der Waals surface area contributed by atoms with E-state index in [2.05, 4.69) is 4.98 Å². The summed E-state index contributed by atoms with van der Waals surface area (Å²) in [4.78, 5) is 17.5. The van der Waals surface area contributed by atoms with Gasteiger partial charge in [-0.25, -0.2) is 4.98 Å². The quantitative estimate of drug-likeness (QED) is 0.801. The maximum atomic E-state index is 13.1. The van der Waals surface area contributed by atoms with Crippen LogP contribution in [0.1, 0.15) is 29.6 Å². The second kappa shape index (κ2) is 5.29. The SMILES string of the molecule is O=C(c1ccc2ncsc2c1)N1CCCCC1C(F)(F)F. The Bertz CT molecular complexity index is 668. The Morgan fingerprint density at radius 1 is 1.33 bits per heavy atom. The number of thiazole rings is 1. The van der Waals surface area contributed by atoms with Crippen LogP contribution in [0.5, 0.6) is 0 Å². The molecule has 1 aromatic heterocycles. The highest BCUT2D eigenvalue weighted by atomic mass is 32.1. The van der Waals surface area contributed by atoms with Gasteiger partial charge >= 0.3 is 6.18 Å². The molecule has 2 heterocycles. The van der Waals surface area contributed by atoms with E-state index in [9.17, 15) is 18.0 Å². The van der Waals surface area contributed by atoms with Crippen LogP contribution in [0.4, 0.5) is 13.2 Å². The molecule has 0 radical (unpaired) electrons. The summed E-state index contributed by atoms with van der Waals surface area (Å²) in [5, 5.41) is 0. The van der Waals surface area contributed by atoms with Gasteiger partial charge in [-0.2, -0.15) is 13.2 Å². The van der Waals surface area contributed by atoms with E-state index >= 15 is 0 Å². The number of likely N-dealkylation sites (tertiary alicyclic amines) is 1. The number of carbonyl (C=O) groups excluding carboxylic acids is 1. The van der Waals surface area contributed by atoms with E-state index in [1.807, 2.05) is 0 Å². The normalized spacial score (nSPS) is 20.0. The van der Waals surface area contributed by atoms with Gasteiger partial charge in [-0.1, -0.05) is 0 Å². The van der Waals surface area contributed by atoms with Gasteiger partial charge in [0.2, 0.25) is 0 Å². The Balaban J connectivity index is 1.91. The van der Waals surface area contributed by atoms with Gasteiger partial charge < -0.3 is 4.90 Å². The van der Waals surface area contributed by atoms with Crippen molar-refractivity contribution in [3.8, 4) is 0 Å². The van der Waals surface area contributed by atoms with Gasteiger partial charge in [-0.05, 0) is 37.5 Å². The Hall–Kier alpha value is -1.63. The van der Waals surface area contributed by atoms with Crippen molar-refractivity contribution in [2.45, 2.75) is 31.5 Å². The molecule has 1 fully saturated rings. The average Bonchev–Trinajstić information content (AvgIpc) is 2.93. The third-order valence-corrected chi connectivity index (χ3v) is 4.51. The summed E-state index contributed by atoms with van der Waals surface area (Å²) in [5.41, 5.74) is 2.70. The molecule has 0 spiro atoms. The molecule has 1 amide bonds. The zero-order chi connectivity index (χ0) is 15.0. The number of benzene rings is 1. The van der Waals surface area contributed by atoms with E-state index in [0.29, 0.717) is 18.4 Å². The number of rotatable bonds is 1. The Kier molecular flexibility index (Phi) is 3.61. The standard InChI is InChI=1S/C14H13F3N2OS/c15-14(16,17)12-3-1-2-6-19(12)13(20)9-4-5-10-11(7-9)21-8-18-10/h4-5,7-8,12H,1-3,6H2. The number of alkyl halides is 3. The van der Waals surface area contributed by atoms with Crippen molar-refractivity contribution in [2.75, 3.05) is 6.54 Å². The zero-order valence-electron chi connectivity index (χ0n) is 11.1. The Morgan fingerprint density at radius 2 is 2.14 bits per heavy atom. The van der Waals surface area contributed by atoms with Crippen LogP contribution >= 0.6 is 11.3 Å². The largest absolute Gasteiger partial charge is 0.408 e. The smallest absolute Gasteiger partial charge is 0.327 e. The van der Waals surface area contributed by atoms with Gasteiger partial charge in [-0.3, -0.25) is 4.79 Å². The molecule has 1 aliphatic rings. The summed E-state index contributed by atoms with van der Waals surface area (Å²) in [7, 11) is 0. The second-order valence-corrected chi connectivity index (χ2v) is 5.97. The molecule has 1 aromatic carbocycles. The maximum absolute atomic E-state index is 13.1. The summed E-state index contributed by atoms with van der Waals surface area (Å²) in [6.45, 7) is 0.156. The molecule has 1 atom stereocenters. The van der Waals surface area contributed by atoms with Gasteiger partial charge in [0.15, 0.2) is 0 Å². The van der Waals surface area contributed by atoms with E-state index in [0.717, 1.165) is 15.1 Å². The number of nitrogens with zero attached hydrogens (tertiary/aromatic N) is 2. The van der Waals surface area contributed by atoms with Crippen molar-refractivity contribution in [3.05, 3.63) is 29.3 Å². The molecular weight excluding hydrogens is 301 g/mol. The van der Waals surface area contributed by atoms with Crippen molar-refractivity contribution in [3.63, 3.8) is 0 Å². The lowest BCUT2D eigenvalue weighted by molar-refractivity contribution is -0.183. The number of carbonyl (C=O) groups is 1. The molecule has 0 aliphatic carbocycles. The number of aromatic nitrogens is 1. The number of amides is 1. The minimum Gasteiger partial charge on any atom is -0.327 e. The summed E-state index contributed by atoms with van der Waals surface area (Å²) >= 11 is 1.37. The first-order valence-corrected chi connectivity index (χ1v) is 7.56. The summed E-state index contributed by atoms with van der Waals surface area (Å²) < 4.78 is 40.0. The summed E-state index contributed by atoms with van der Waals surface area (Å²) in [5.74, 6) is -0.549. The van der Waals surface area contributed by atoms with Crippen LogP contribution < -0.4 is 0 Å². The highest BCUT2D eigenvalue weighted by molar-refractivity contribution is 7.16. The van der Waals surface area contributed by atoms with Crippen molar-refractivity contribution in [1.29, 1.82) is 0 Å². The zero-order valence-corrected chi connectivity index (χ0v) is 11.9. The first-order chi connectivity index (χ1) is 9.97. The van der Waals surface area contributed by atoms with Crippen LogP contribution in [-0.2, 0) is 0 Å². The minimum atomic E-state index is -4.37. The van der Waals surface area contributed by atoms with Crippen molar-refractivity contribution in [2.24, 2.45) is 0 Å². The molecule has 7 heteroatoms. The monoisotopic (exact) mass is 314 g/mol. The fourth-order valence-corrected chi connectivity index (χ4v) is 3.39. The number of halogens is 3. The Morgan fingerprint density at radius 3 is 2.90 bits per heavy atom. The van der Waals surface area contributed by atoms with Gasteiger partial charge in [0.05, 0.1) is 15.7 Å². The highest BCUT2D eigenvalue weighted by Crippen LogP contribution is 2.33. The highest BCUT2D eigenvalue weighted by Gasteiger charge is 2.46. The fraction of sp³-hybridized carbons (Fsp3) is 0.429. The molecule has 3 rings (SSSR count). The predicted octanol–water partition coefficient (Wildman–Crippen LogP) is 3.85. The lowest BCUT2D eigenvalue weighted by Gasteiger charge is -2.36. The molecule has 21 heavy (non-hydrogen) atoms. The number of fused-ring (bicyclic) bond motifs is 1. The number of hydrogen-bond donors (Lipinski definition) is 0. The van der Waals surface area contributed by atoms with E-state index in [1.165, 1.54) is 11.3 Å². The van der Waals surface area contributed by atoms with Crippen LogP contribution in [0, 0.1) is 0 Å². The molecule has 1 aliphatic heterocycles. The Labute approximate surface area is 123 Å². The maximum Gasteiger partial charge on any atom is 0.408 e. The topological polar surface area (TPSA) is 33.2 Å². The van der Waals surface area contributed by atoms with E-state index in [-0.39, 0.29) is 13.0 Å². The van der Waals surface area contributed by atoms with E-state index < -0.39 is 18.1 Å². The first-order valence-electron chi connectivity index (χ1n) is 6.68. The molecule has 3 nitrogen and oxygen atoms in total. The van der Waals surface area contributed by atoms with Crippen LogP contribution in [0.3, 0.4) is 0 Å². The van der Waals surface area contributed by atoms with Crippen LogP contribution in [-0.4, -0.2) is 34.6 Å². The van der Waals surface area contributed by atoms with Crippen LogP contribution in [0.2, 0.25) is 0 Å². The van der Waals surface area contributed by atoms with E-state index in [4.69, 9.17) is 0 Å². The first kappa shape index (κ1) is 14.3. The predicted molar refractivity (Wildman–Crippen MR) is 74.4 cm³/mol. The second-order valence-electron chi connectivity index (χ2n) is 5.09.